The third-order valence-corrected chi connectivity index (χ3v) is 3.63. The number of nitrogens with two attached hydrogens (primary N) is 1. The van der Waals surface area contributed by atoms with E-state index in [1.165, 1.54) is 0 Å². The second kappa shape index (κ2) is 5.98. The Kier molecular flexibility index (Phi) is 5.71. The Bertz CT molecular complexity index is 273. The maximum Gasteiger partial charge on any atom is 0.320 e. The first kappa shape index (κ1) is 13.4. The maximum atomic E-state index is 11.3. The van der Waals surface area contributed by atoms with Gasteiger partial charge < -0.3 is 10.8 Å². The van der Waals surface area contributed by atoms with Crippen LogP contribution < -0.4 is 5.73 Å². The molecule has 0 fully saturated rings. The molecule has 0 aliphatic rings. The molecular formula is C8H17NO4S. The maximum absolute atomic E-state index is 11.3. The van der Waals surface area contributed by atoms with Gasteiger partial charge in [0.15, 0.2) is 0 Å². The fourth-order valence-electron chi connectivity index (χ4n) is 0.896. The van der Waals surface area contributed by atoms with Gasteiger partial charge in [-0.15, -0.1) is 0 Å². The average Bonchev–Trinajstić information content (AvgIpc) is 2.11. The summed E-state index contributed by atoms with van der Waals surface area (Å²) in [5, 5.41) is 8.44. The molecule has 0 aromatic heterocycles. The number of sulfone groups is 1. The zero-order chi connectivity index (χ0) is 11.2. The molecular weight excluding hydrogens is 206 g/mol. The fourth-order valence-corrected chi connectivity index (χ4v) is 2.44. The molecule has 0 saturated heterocycles. The molecule has 0 rings (SSSR count). The summed E-state index contributed by atoms with van der Waals surface area (Å²) >= 11 is 0. The number of carboxylic acids is 1. The van der Waals surface area contributed by atoms with Gasteiger partial charge in [0.1, 0.15) is 15.9 Å². The monoisotopic (exact) mass is 223 g/mol. The van der Waals surface area contributed by atoms with Gasteiger partial charge in [0, 0.05) is 0 Å². The quantitative estimate of drug-likeness (QED) is 0.633. The lowest BCUT2D eigenvalue weighted by Crippen LogP contribution is -2.32. The van der Waals surface area contributed by atoms with E-state index in [9.17, 15) is 13.2 Å². The molecule has 5 nitrogen and oxygen atoms in total. The Hall–Kier alpha value is -0.620. The van der Waals surface area contributed by atoms with Crippen LogP contribution in [0.5, 0.6) is 0 Å². The topological polar surface area (TPSA) is 97.5 Å². The first-order valence-corrected chi connectivity index (χ1v) is 6.40. The number of hydrogen-bond acceptors (Lipinski definition) is 4. The van der Waals surface area contributed by atoms with Crippen LogP contribution >= 0.6 is 0 Å². The van der Waals surface area contributed by atoms with Crippen molar-refractivity contribution in [1.82, 2.24) is 0 Å². The van der Waals surface area contributed by atoms with Crippen LogP contribution in [-0.2, 0) is 14.6 Å². The standard InChI is InChI=1S/C8H17NO4S/c1-2-3-5-14(12,13)6-4-7(9)8(10)11/h7H,2-6,9H2,1H3,(H,10,11)/t7-/m0/s1. The highest BCUT2D eigenvalue weighted by Crippen LogP contribution is 2.01. The second-order valence-electron chi connectivity index (χ2n) is 3.24. The molecule has 84 valence electrons. The number of hydrogen-bond donors (Lipinski definition) is 2. The van der Waals surface area contributed by atoms with E-state index in [2.05, 4.69) is 0 Å². The van der Waals surface area contributed by atoms with Crippen LogP contribution in [0.3, 0.4) is 0 Å². The summed E-state index contributed by atoms with van der Waals surface area (Å²) in [5.41, 5.74) is 5.19. The molecule has 3 N–H and O–H groups in total. The van der Waals surface area contributed by atoms with Crippen LogP contribution in [0.4, 0.5) is 0 Å². The van der Waals surface area contributed by atoms with Crippen molar-refractivity contribution in [1.29, 1.82) is 0 Å². The zero-order valence-corrected chi connectivity index (χ0v) is 9.09. The Morgan fingerprint density at radius 2 is 2.00 bits per heavy atom. The number of rotatable bonds is 7. The molecule has 0 aliphatic carbocycles. The summed E-state index contributed by atoms with van der Waals surface area (Å²) in [6, 6.07) is -1.08. The SMILES string of the molecule is CCCCS(=O)(=O)CC[C@H](N)C(=O)O. The van der Waals surface area contributed by atoms with Gasteiger partial charge in [-0.25, -0.2) is 8.42 Å². The second-order valence-corrected chi connectivity index (χ2v) is 5.54. The first-order chi connectivity index (χ1) is 6.39. The minimum atomic E-state index is -3.12. The number of carbonyl (C=O) groups is 1. The Morgan fingerprint density at radius 3 is 2.43 bits per heavy atom. The largest absolute Gasteiger partial charge is 0.480 e. The van der Waals surface area contributed by atoms with E-state index in [4.69, 9.17) is 10.8 Å². The lowest BCUT2D eigenvalue weighted by atomic mass is 10.2. The smallest absolute Gasteiger partial charge is 0.320 e. The van der Waals surface area contributed by atoms with Gasteiger partial charge in [-0.3, -0.25) is 4.79 Å². The van der Waals surface area contributed by atoms with Crippen molar-refractivity contribution >= 4 is 15.8 Å². The number of carboxylic acid groups (broad SMARTS) is 1. The van der Waals surface area contributed by atoms with Gasteiger partial charge in [0.05, 0.1) is 11.5 Å². The van der Waals surface area contributed by atoms with Crippen LogP contribution in [0.1, 0.15) is 26.2 Å². The van der Waals surface area contributed by atoms with Gasteiger partial charge >= 0.3 is 5.97 Å². The van der Waals surface area contributed by atoms with Crippen molar-refractivity contribution in [3.8, 4) is 0 Å². The van der Waals surface area contributed by atoms with E-state index < -0.39 is 21.8 Å². The molecule has 0 aromatic rings. The van der Waals surface area contributed by atoms with E-state index >= 15 is 0 Å². The molecule has 0 aromatic carbocycles. The molecule has 0 unspecified atom stereocenters. The molecule has 0 amide bonds. The van der Waals surface area contributed by atoms with Crippen molar-refractivity contribution in [2.75, 3.05) is 11.5 Å². The van der Waals surface area contributed by atoms with E-state index in [-0.39, 0.29) is 17.9 Å². The van der Waals surface area contributed by atoms with Crippen molar-refractivity contribution < 1.29 is 18.3 Å². The van der Waals surface area contributed by atoms with E-state index in [1.54, 1.807) is 0 Å². The van der Waals surface area contributed by atoms with E-state index in [1.807, 2.05) is 6.92 Å². The molecule has 6 heteroatoms. The molecule has 0 spiro atoms. The lowest BCUT2D eigenvalue weighted by Gasteiger charge is -2.06. The van der Waals surface area contributed by atoms with Gasteiger partial charge in [0.2, 0.25) is 0 Å². The van der Waals surface area contributed by atoms with Crippen molar-refractivity contribution in [2.24, 2.45) is 5.73 Å². The highest BCUT2D eigenvalue weighted by atomic mass is 32.2. The van der Waals surface area contributed by atoms with Crippen LogP contribution in [0.15, 0.2) is 0 Å². The average molecular weight is 223 g/mol. The van der Waals surface area contributed by atoms with Crippen LogP contribution in [0.2, 0.25) is 0 Å². The van der Waals surface area contributed by atoms with Crippen LogP contribution in [0.25, 0.3) is 0 Å². The summed E-state index contributed by atoms with van der Waals surface area (Å²) in [7, 11) is -3.12. The molecule has 1 atom stereocenters. The predicted octanol–water partition coefficient (Wildman–Crippen LogP) is 0.00330. The molecule has 14 heavy (non-hydrogen) atoms. The van der Waals surface area contributed by atoms with E-state index in [0.717, 1.165) is 6.42 Å². The van der Waals surface area contributed by atoms with Gasteiger partial charge in [-0.1, -0.05) is 13.3 Å². The summed E-state index contributed by atoms with van der Waals surface area (Å²) in [6.45, 7) is 1.90. The van der Waals surface area contributed by atoms with Crippen LogP contribution in [0, 0.1) is 0 Å². The third kappa shape index (κ3) is 5.93. The predicted molar refractivity (Wildman–Crippen MR) is 53.8 cm³/mol. The molecule has 0 heterocycles. The number of aliphatic carboxylic acids is 1. The van der Waals surface area contributed by atoms with Gasteiger partial charge in [-0.2, -0.15) is 0 Å². The van der Waals surface area contributed by atoms with Crippen LogP contribution in [-0.4, -0.2) is 37.0 Å². The van der Waals surface area contributed by atoms with Gasteiger partial charge in [0.25, 0.3) is 0 Å². The summed E-state index contributed by atoms with van der Waals surface area (Å²) in [6.07, 6.45) is 1.41. The first-order valence-electron chi connectivity index (χ1n) is 4.58. The molecule has 0 radical (unpaired) electrons. The lowest BCUT2D eigenvalue weighted by molar-refractivity contribution is -0.138. The van der Waals surface area contributed by atoms with E-state index in [0.29, 0.717) is 6.42 Å². The van der Waals surface area contributed by atoms with Crippen molar-refractivity contribution in [3.63, 3.8) is 0 Å². The minimum absolute atomic E-state index is 0.0125. The fraction of sp³-hybridized carbons (Fsp3) is 0.875. The van der Waals surface area contributed by atoms with Crippen molar-refractivity contribution in [2.45, 2.75) is 32.2 Å². The van der Waals surface area contributed by atoms with Crippen molar-refractivity contribution in [3.05, 3.63) is 0 Å². The highest BCUT2D eigenvalue weighted by Gasteiger charge is 2.16. The zero-order valence-electron chi connectivity index (χ0n) is 8.27. The highest BCUT2D eigenvalue weighted by molar-refractivity contribution is 7.91. The summed E-state index contributed by atoms with van der Waals surface area (Å²) in [5.74, 6) is -1.17. The Morgan fingerprint density at radius 1 is 1.43 bits per heavy atom. The molecule has 0 saturated carbocycles. The summed E-state index contributed by atoms with van der Waals surface area (Å²) in [4.78, 5) is 10.3. The molecule has 0 aliphatic heterocycles. The Balaban J connectivity index is 3.93. The minimum Gasteiger partial charge on any atom is -0.480 e. The number of unbranched alkanes of at least 4 members (excludes halogenated alkanes) is 1. The summed E-state index contributed by atoms with van der Waals surface area (Å²) < 4.78 is 22.5. The molecule has 0 bridgehead atoms. The normalized spacial score (nSPS) is 13.9. The third-order valence-electron chi connectivity index (χ3n) is 1.87. The van der Waals surface area contributed by atoms with Gasteiger partial charge in [-0.05, 0) is 12.8 Å². The Labute approximate surface area is 84.2 Å².